The maximum Gasteiger partial charge on any atom is 0.122 e. The molecule has 2 nitrogen and oxygen atoms in total. The Balaban J connectivity index is 3.31. The van der Waals surface area contributed by atoms with Crippen LogP contribution >= 0.6 is 15.9 Å². The van der Waals surface area contributed by atoms with Gasteiger partial charge in [0.1, 0.15) is 12.0 Å². The van der Waals surface area contributed by atoms with Crippen LogP contribution in [0.2, 0.25) is 0 Å². The molecule has 0 spiro atoms. The summed E-state index contributed by atoms with van der Waals surface area (Å²) in [6.45, 7) is 5.75. The van der Waals surface area contributed by atoms with Crippen LogP contribution in [0.4, 0.5) is 0 Å². The summed E-state index contributed by atoms with van der Waals surface area (Å²) >= 11 is 3.45. The van der Waals surface area contributed by atoms with E-state index in [9.17, 15) is 9.90 Å². The minimum Gasteiger partial charge on any atom is -0.507 e. The Kier molecular flexibility index (Phi) is 3.91. The van der Waals surface area contributed by atoms with Crippen molar-refractivity contribution >= 4 is 22.2 Å². The van der Waals surface area contributed by atoms with Gasteiger partial charge in [-0.15, -0.1) is 0 Å². The molecule has 0 saturated carbocycles. The zero-order valence-electron chi connectivity index (χ0n) is 9.17. The number of halogens is 1. The molecule has 0 bridgehead atoms. The summed E-state index contributed by atoms with van der Waals surface area (Å²) in [5.74, 6) is 0.365. The Morgan fingerprint density at radius 1 is 1.53 bits per heavy atom. The normalized spacial score (nSPS) is 12.5. The molecule has 0 fully saturated rings. The van der Waals surface area contributed by atoms with E-state index in [1.165, 1.54) is 0 Å². The van der Waals surface area contributed by atoms with E-state index in [-0.39, 0.29) is 5.92 Å². The van der Waals surface area contributed by atoms with Crippen molar-refractivity contribution in [3.8, 4) is 5.75 Å². The third-order valence-electron chi connectivity index (χ3n) is 2.68. The van der Waals surface area contributed by atoms with Crippen LogP contribution in [0.5, 0.6) is 5.75 Å². The van der Waals surface area contributed by atoms with Gasteiger partial charge in [-0.1, -0.05) is 22.9 Å². The number of benzene rings is 1. The number of carbonyl (C=O) groups is 1. The predicted molar refractivity (Wildman–Crippen MR) is 64.4 cm³/mol. The van der Waals surface area contributed by atoms with Crippen molar-refractivity contribution in [3.63, 3.8) is 0 Å². The Bertz CT molecular complexity index is 359. The van der Waals surface area contributed by atoms with E-state index >= 15 is 0 Å². The van der Waals surface area contributed by atoms with Gasteiger partial charge in [0, 0.05) is 16.5 Å². The quantitative estimate of drug-likeness (QED) is 0.855. The summed E-state index contributed by atoms with van der Waals surface area (Å²) in [7, 11) is 0. The van der Waals surface area contributed by atoms with Crippen LogP contribution in [0.3, 0.4) is 0 Å². The van der Waals surface area contributed by atoms with Crippen molar-refractivity contribution in [2.24, 2.45) is 0 Å². The topological polar surface area (TPSA) is 37.3 Å². The highest BCUT2D eigenvalue weighted by Crippen LogP contribution is 2.37. The summed E-state index contributed by atoms with van der Waals surface area (Å²) in [6.07, 6.45) is 1.32. The number of hydrogen-bond donors (Lipinski definition) is 1. The van der Waals surface area contributed by atoms with E-state index < -0.39 is 0 Å². The van der Waals surface area contributed by atoms with Crippen LogP contribution in [0.1, 0.15) is 36.0 Å². The molecule has 1 N–H and O–H groups in total. The van der Waals surface area contributed by atoms with Crippen molar-refractivity contribution in [2.45, 2.75) is 33.1 Å². The summed E-state index contributed by atoms with van der Waals surface area (Å²) < 4.78 is 0.977. The zero-order valence-corrected chi connectivity index (χ0v) is 10.8. The smallest absolute Gasteiger partial charge is 0.122 e. The van der Waals surface area contributed by atoms with Gasteiger partial charge >= 0.3 is 0 Å². The van der Waals surface area contributed by atoms with Crippen molar-refractivity contribution in [1.82, 2.24) is 0 Å². The average molecular weight is 271 g/mol. The van der Waals surface area contributed by atoms with Gasteiger partial charge < -0.3 is 9.90 Å². The molecule has 0 radical (unpaired) electrons. The lowest BCUT2D eigenvalue weighted by atomic mass is 9.91. The molecule has 0 aliphatic carbocycles. The van der Waals surface area contributed by atoms with E-state index in [1.807, 2.05) is 26.8 Å². The Hall–Kier alpha value is -0.830. The molecule has 1 atom stereocenters. The van der Waals surface area contributed by atoms with Gasteiger partial charge in [-0.25, -0.2) is 0 Å². The summed E-state index contributed by atoms with van der Waals surface area (Å²) in [6, 6.07) is 1.89. The third kappa shape index (κ3) is 2.40. The Morgan fingerprint density at radius 2 is 2.13 bits per heavy atom. The van der Waals surface area contributed by atoms with Crippen molar-refractivity contribution in [2.75, 3.05) is 0 Å². The molecule has 82 valence electrons. The van der Waals surface area contributed by atoms with Gasteiger partial charge in [0.2, 0.25) is 0 Å². The second-order valence-electron chi connectivity index (χ2n) is 3.87. The van der Waals surface area contributed by atoms with Crippen LogP contribution in [0.25, 0.3) is 0 Å². The Morgan fingerprint density at radius 3 is 2.67 bits per heavy atom. The van der Waals surface area contributed by atoms with E-state index in [2.05, 4.69) is 15.9 Å². The summed E-state index contributed by atoms with van der Waals surface area (Å²) in [5.41, 5.74) is 2.71. The number of aldehydes is 1. The van der Waals surface area contributed by atoms with E-state index in [0.717, 1.165) is 27.4 Å². The molecule has 1 unspecified atom stereocenters. The SMILES string of the molecule is Cc1cc(Br)c(C)c(C(C)CC=O)c1O. The first-order valence-corrected chi connectivity index (χ1v) is 5.70. The Labute approximate surface area is 98.4 Å². The van der Waals surface area contributed by atoms with Gasteiger partial charge in [-0.3, -0.25) is 0 Å². The molecule has 0 aliphatic heterocycles. The standard InChI is InChI=1S/C12H15BrO2/c1-7(4-5-14)11-9(3)10(13)6-8(2)12(11)15/h5-7,15H,4H2,1-3H3. The molecule has 3 heteroatoms. The largest absolute Gasteiger partial charge is 0.507 e. The van der Waals surface area contributed by atoms with Crippen LogP contribution in [0, 0.1) is 13.8 Å². The first kappa shape index (κ1) is 12.2. The van der Waals surface area contributed by atoms with Crippen molar-refractivity contribution in [3.05, 3.63) is 27.2 Å². The van der Waals surface area contributed by atoms with Gasteiger partial charge in [0.25, 0.3) is 0 Å². The molecule has 1 aromatic rings. The van der Waals surface area contributed by atoms with Crippen molar-refractivity contribution < 1.29 is 9.90 Å². The van der Waals surface area contributed by atoms with Crippen LogP contribution in [0.15, 0.2) is 10.5 Å². The second kappa shape index (κ2) is 4.79. The van der Waals surface area contributed by atoms with Gasteiger partial charge in [0.05, 0.1) is 0 Å². The number of rotatable bonds is 3. The summed E-state index contributed by atoms with van der Waals surface area (Å²) in [4.78, 5) is 10.5. The van der Waals surface area contributed by atoms with Crippen LogP contribution < -0.4 is 0 Å². The third-order valence-corrected chi connectivity index (χ3v) is 3.50. The molecule has 0 aliphatic rings. The molecule has 0 amide bonds. The fourth-order valence-corrected chi connectivity index (χ4v) is 2.31. The maximum atomic E-state index is 10.5. The lowest BCUT2D eigenvalue weighted by Gasteiger charge is -2.17. The van der Waals surface area contributed by atoms with Gasteiger partial charge in [0.15, 0.2) is 0 Å². The van der Waals surface area contributed by atoms with Crippen LogP contribution in [-0.2, 0) is 4.79 Å². The molecule has 0 aromatic heterocycles. The number of phenols is 1. The van der Waals surface area contributed by atoms with Gasteiger partial charge in [-0.05, 0) is 37.0 Å². The molecule has 1 aromatic carbocycles. The second-order valence-corrected chi connectivity index (χ2v) is 4.72. The minimum atomic E-state index is 0.0544. The summed E-state index contributed by atoms with van der Waals surface area (Å²) in [5, 5.41) is 9.96. The monoisotopic (exact) mass is 270 g/mol. The highest BCUT2D eigenvalue weighted by molar-refractivity contribution is 9.10. The molecule has 0 heterocycles. The fourth-order valence-electron chi connectivity index (χ4n) is 1.75. The number of aromatic hydroxyl groups is 1. The maximum absolute atomic E-state index is 10.5. The number of phenolic OH excluding ortho intramolecular Hbond substituents is 1. The molecular weight excluding hydrogens is 256 g/mol. The van der Waals surface area contributed by atoms with Crippen molar-refractivity contribution in [1.29, 1.82) is 0 Å². The number of aryl methyl sites for hydroxylation is 1. The molecule has 15 heavy (non-hydrogen) atoms. The first-order valence-electron chi connectivity index (χ1n) is 4.91. The highest BCUT2D eigenvalue weighted by atomic mass is 79.9. The first-order chi connectivity index (χ1) is 6.99. The van der Waals surface area contributed by atoms with Gasteiger partial charge in [-0.2, -0.15) is 0 Å². The fraction of sp³-hybridized carbons (Fsp3) is 0.417. The van der Waals surface area contributed by atoms with E-state index in [1.54, 1.807) is 0 Å². The molecule has 0 saturated heterocycles. The molecule has 1 rings (SSSR count). The number of hydrogen-bond acceptors (Lipinski definition) is 2. The molecular formula is C12H15BrO2. The minimum absolute atomic E-state index is 0.0544. The lowest BCUT2D eigenvalue weighted by Crippen LogP contribution is -2.00. The predicted octanol–water partition coefficient (Wildman–Crippen LogP) is 3.46. The lowest BCUT2D eigenvalue weighted by molar-refractivity contribution is -0.108. The highest BCUT2D eigenvalue weighted by Gasteiger charge is 2.16. The average Bonchev–Trinajstić information content (AvgIpc) is 2.16. The van der Waals surface area contributed by atoms with Crippen LogP contribution in [-0.4, -0.2) is 11.4 Å². The van der Waals surface area contributed by atoms with E-state index in [0.29, 0.717) is 12.2 Å². The number of carbonyl (C=O) groups excluding carboxylic acids is 1. The zero-order chi connectivity index (χ0) is 11.6. The van der Waals surface area contributed by atoms with E-state index in [4.69, 9.17) is 0 Å².